The van der Waals surface area contributed by atoms with E-state index in [0.717, 1.165) is 24.2 Å². The van der Waals surface area contributed by atoms with Gasteiger partial charge in [0.15, 0.2) is 0 Å². The van der Waals surface area contributed by atoms with Crippen LogP contribution in [-0.4, -0.2) is 33.2 Å². The van der Waals surface area contributed by atoms with E-state index in [-0.39, 0.29) is 18.2 Å². The molecule has 3 heterocycles. The van der Waals surface area contributed by atoms with Gasteiger partial charge in [-0.15, -0.1) is 0 Å². The quantitative estimate of drug-likeness (QED) is 0.906. The number of carbonyl (C=O) groups excluding carboxylic acids is 1. The summed E-state index contributed by atoms with van der Waals surface area (Å²) >= 11 is 0. The van der Waals surface area contributed by atoms with Crippen molar-refractivity contribution in [1.29, 1.82) is 0 Å². The fourth-order valence-corrected chi connectivity index (χ4v) is 2.60. The van der Waals surface area contributed by atoms with Gasteiger partial charge in [-0.05, 0) is 25.0 Å². The number of anilines is 1. The summed E-state index contributed by atoms with van der Waals surface area (Å²) in [5, 5.41) is 5.80. The standard InChI is InChI=1S/C15H19N5O2/c1-20-10-17-9-13(20)14-8-12(4-7-22-14)19-15(21)18-11-2-5-16-6-3-11/h2-3,5-6,9-10,12,14H,4,7-8H2,1H3,(H2,16,18,19,21). The number of hydrogen-bond donors (Lipinski definition) is 2. The molecule has 7 heteroatoms. The highest BCUT2D eigenvalue weighted by Crippen LogP contribution is 2.27. The molecule has 116 valence electrons. The van der Waals surface area contributed by atoms with Crippen molar-refractivity contribution < 1.29 is 9.53 Å². The van der Waals surface area contributed by atoms with E-state index >= 15 is 0 Å². The average Bonchev–Trinajstić information content (AvgIpc) is 2.94. The first-order valence-corrected chi connectivity index (χ1v) is 7.28. The molecule has 2 N–H and O–H groups in total. The summed E-state index contributed by atoms with van der Waals surface area (Å²) in [5.74, 6) is 0. The predicted octanol–water partition coefficient (Wildman–Crippen LogP) is 1.86. The second-order valence-corrected chi connectivity index (χ2v) is 5.34. The highest BCUT2D eigenvalue weighted by molar-refractivity contribution is 5.89. The Bertz CT molecular complexity index is 628. The zero-order valence-corrected chi connectivity index (χ0v) is 12.4. The van der Waals surface area contributed by atoms with E-state index in [2.05, 4.69) is 20.6 Å². The van der Waals surface area contributed by atoms with Crippen LogP contribution in [0.1, 0.15) is 24.6 Å². The van der Waals surface area contributed by atoms with Crippen LogP contribution in [0.15, 0.2) is 37.1 Å². The first kappa shape index (κ1) is 14.5. The van der Waals surface area contributed by atoms with Crippen molar-refractivity contribution in [2.75, 3.05) is 11.9 Å². The number of amides is 2. The number of nitrogens with one attached hydrogen (secondary N) is 2. The van der Waals surface area contributed by atoms with Crippen molar-refractivity contribution in [3.8, 4) is 0 Å². The Balaban J connectivity index is 1.56. The minimum Gasteiger partial charge on any atom is -0.372 e. The normalized spacial score (nSPS) is 21.3. The molecule has 7 nitrogen and oxygen atoms in total. The van der Waals surface area contributed by atoms with Gasteiger partial charge in [0.25, 0.3) is 0 Å². The summed E-state index contributed by atoms with van der Waals surface area (Å²) in [5.41, 5.74) is 1.75. The number of rotatable bonds is 3. The third-order valence-electron chi connectivity index (χ3n) is 3.74. The van der Waals surface area contributed by atoms with Crippen molar-refractivity contribution in [2.45, 2.75) is 25.0 Å². The number of nitrogens with zero attached hydrogens (tertiary/aromatic N) is 3. The summed E-state index contributed by atoms with van der Waals surface area (Å²) in [6, 6.07) is 3.38. The average molecular weight is 301 g/mol. The number of hydrogen-bond acceptors (Lipinski definition) is 4. The zero-order chi connectivity index (χ0) is 15.4. The van der Waals surface area contributed by atoms with Crippen LogP contribution in [0, 0.1) is 0 Å². The molecule has 2 atom stereocenters. The maximum absolute atomic E-state index is 12.0. The molecular formula is C15H19N5O2. The summed E-state index contributed by atoms with van der Waals surface area (Å²) in [6.07, 6.45) is 8.36. The van der Waals surface area contributed by atoms with Crippen molar-refractivity contribution in [1.82, 2.24) is 19.9 Å². The van der Waals surface area contributed by atoms with Gasteiger partial charge in [-0.3, -0.25) is 4.98 Å². The second kappa shape index (κ2) is 6.57. The molecule has 1 aliphatic heterocycles. The lowest BCUT2D eigenvalue weighted by atomic mass is 10.0. The van der Waals surface area contributed by atoms with Crippen LogP contribution in [0.5, 0.6) is 0 Å². The van der Waals surface area contributed by atoms with Crippen LogP contribution < -0.4 is 10.6 Å². The molecular weight excluding hydrogens is 282 g/mol. The van der Waals surface area contributed by atoms with Crippen molar-refractivity contribution in [2.24, 2.45) is 7.05 Å². The van der Waals surface area contributed by atoms with Crippen LogP contribution in [-0.2, 0) is 11.8 Å². The van der Waals surface area contributed by atoms with Crippen molar-refractivity contribution in [3.05, 3.63) is 42.7 Å². The van der Waals surface area contributed by atoms with Gasteiger partial charge in [0.1, 0.15) is 6.10 Å². The van der Waals surface area contributed by atoms with Gasteiger partial charge in [0.05, 0.1) is 18.2 Å². The lowest BCUT2D eigenvalue weighted by molar-refractivity contribution is -0.00151. The number of urea groups is 1. The first-order chi connectivity index (χ1) is 10.7. The van der Waals surface area contributed by atoms with Crippen LogP contribution in [0.4, 0.5) is 10.5 Å². The number of imidazole rings is 1. The van der Waals surface area contributed by atoms with Crippen LogP contribution >= 0.6 is 0 Å². The maximum Gasteiger partial charge on any atom is 0.319 e. The van der Waals surface area contributed by atoms with Gasteiger partial charge in [0.2, 0.25) is 0 Å². The van der Waals surface area contributed by atoms with Crippen LogP contribution in [0.25, 0.3) is 0 Å². The smallest absolute Gasteiger partial charge is 0.319 e. The Morgan fingerprint density at radius 1 is 1.36 bits per heavy atom. The lowest BCUT2D eigenvalue weighted by Gasteiger charge is -2.30. The molecule has 1 fully saturated rings. The molecule has 2 aromatic rings. The lowest BCUT2D eigenvalue weighted by Crippen LogP contribution is -2.42. The van der Waals surface area contributed by atoms with Crippen LogP contribution in [0.3, 0.4) is 0 Å². The number of aromatic nitrogens is 3. The molecule has 2 aromatic heterocycles. The fourth-order valence-electron chi connectivity index (χ4n) is 2.60. The summed E-state index contributed by atoms with van der Waals surface area (Å²) in [7, 11) is 1.94. The monoisotopic (exact) mass is 301 g/mol. The Kier molecular flexibility index (Phi) is 4.34. The summed E-state index contributed by atoms with van der Waals surface area (Å²) < 4.78 is 7.74. The van der Waals surface area contributed by atoms with Gasteiger partial charge in [-0.2, -0.15) is 0 Å². The van der Waals surface area contributed by atoms with E-state index in [1.807, 2.05) is 17.8 Å². The molecule has 0 saturated carbocycles. The molecule has 0 spiro atoms. The minimum atomic E-state index is -0.207. The molecule has 3 rings (SSSR count). The molecule has 0 radical (unpaired) electrons. The van der Waals surface area contributed by atoms with Gasteiger partial charge < -0.3 is 19.9 Å². The summed E-state index contributed by atoms with van der Waals surface area (Å²) in [6.45, 7) is 0.621. The van der Waals surface area contributed by atoms with Gasteiger partial charge in [-0.1, -0.05) is 0 Å². The topological polar surface area (TPSA) is 81.1 Å². The molecule has 2 unspecified atom stereocenters. The van der Waals surface area contributed by atoms with E-state index in [1.54, 1.807) is 30.9 Å². The number of ether oxygens (including phenoxy) is 1. The predicted molar refractivity (Wildman–Crippen MR) is 81.3 cm³/mol. The SMILES string of the molecule is Cn1cncc1C1CC(NC(=O)Nc2ccncc2)CCO1. The molecule has 1 aliphatic rings. The molecule has 0 aliphatic carbocycles. The first-order valence-electron chi connectivity index (χ1n) is 7.28. The highest BCUT2D eigenvalue weighted by Gasteiger charge is 2.26. The highest BCUT2D eigenvalue weighted by atomic mass is 16.5. The Morgan fingerprint density at radius 3 is 2.91 bits per heavy atom. The van der Waals surface area contributed by atoms with Gasteiger partial charge in [-0.25, -0.2) is 9.78 Å². The maximum atomic E-state index is 12.0. The van der Waals surface area contributed by atoms with E-state index in [4.69, 9.17) is 4.74 Å². The van der Waals surface area contributed by atoms with E-state index in [0.29, 0.717) is 6.61 Å². The molecule has 1 saturated heterocycles. The number of aryl methyl sites for hydroxylation is 1. The molecule has 0 bridgehead atoms. The molecule has 22 heavy (non-hydrogen) atoms. The third kappa shape index (κ3) is 3.43. The molecule has 0 aromatic carbocycles. The van der Waals surface area contributed by atoms with E-state index in [9.17, 15) is 4.79 Å². The van der Waals surface area contributed by atoms with Crippen molar-refractivity contribution >= 4 is 11.7 Å². The number of carbonyl (C=O) groups is 1. The second-order valence-electron chi connectivity index (χ2n) is 5.34. The van der Waals surface area contributed by atoms with E-state index < -0.39 is 0 Å². The van der Waals surface area contributed by atoms with Crippen molar-refractivity contribution in [3.63, 3.8) is 0 Å². The largest absolute Gasteiger partial charge is 0.372 e. The number of pyridine rings is 1. The Hall–Kier alpha value is -2.41. The molecule has 2 amide bonds. The van der Waals surface area contributed by atoms with Gasteiger partial charge in [0, 0.05) is 37.8 Å². The third-order valence-corrected chi connectivity index (χ3v) is 3.74. The Morgan fingerprint density at radius 2 is 2.18 bits per heavy atom. The zero-order valence-electron chi connectivity index (χ0n) is 12.4. The van der Waals surface area contributed by atoms with Crippen LogP contribution in [0.2, 0.25) is 0 Å². The Labute approximate surface area is 128 Å². The van der Waals surface area contributed by atoms with E-state index in [1.165, 1.54) is 0 Å². The fraction of sp³-hybridized carbons (Fsp3) is 0.400. The van der Waals surface area contributed by atoms with Gasteiger partial charge >= 0.3 is 6.03 Å². The summed E-state index contributed by atoms with van der Waals surface area (Å²) in [4.78, 5) is 20.1. The minimum absolute atomic E-state index is 0.0347.